The third-order valence-corrected chi connectivity index (χ3v) is 4.62. The number of aryl methyl sites for hydroxylation is 1. The zero-order valence-electron chi connectivity index (χ0n) is 12.0. The van der Waals surface area contributed by atoms with Crippen molar-refractivity contribution in [1.82, 2.24) is 10.2 Å². The molecule has 4 heteroatoms. The molecule has 1 saturated heterocycles. The molecule has 1 fully saturated rings. The molecule has 0 aromatic heterocycles. The van der Waals surface area contributed by atoms with Crippen LogP contribution in [0.5, 0.6) is 0 Å². The van der Waals surface area contributed by atoms with E-state index in [4.69, 9.17) is 4.74 Å². The second kappa shape index (κ2) is 6.22. The lowest BCUT2D eigenvalue weighted by Gasteiger charge is -2.32. The third-order valence-electron chi connectivity index (χ3n) is 4.62. The number of hydrogen-bond donors (Lipinski definition) is 2. The molecule has 1 aromatic carbocycles. The lowest BCUT2D eigenvalue weighted by molar-refractivity contribution is 0.0364. The number of morpholine rings is 1. The summed E-state index contributed by atoms with van der Waals surface area (Å²) in [4.78, 5) is 2.42. The molecule has 0 spiro atoms. The Bertz CT molecular complexity index is 446. The van der Waals surface area contributed by atoms with Gasteiger partial charge in [0.05, 0.1) is 25.4 Å². The first kappa shape index (κ1) is 14.0. The van der Waals surface area contributed by atoms with Crippen LogP contribution in [0.2, 0.25) is 0 Å². The van der Waals surface area contributed by atoms with E-state index in [1.807, 2.05) is 0 Å². The third kappa shape index (κ3) is 2.74. The van der Waals surface area contributed by atoms with Crippen molar-refractivity contribution in [3.63, 3.8) is 0 Å². The van der Waals surface area contributed by atoms with Gasteiger partial charge in [-0.2, -0.15) is 0 Å². The minimum absolute atomic E-state index is 0.174. The van der Waals surface area contributed by atoms with Gasteiger partial charge in [0.2, 0.25) is 0 Å². The maximum atomic E-state index is 9.90. The normalized spacial score (nSPS) is 26.6. The van der Waals surface area contributed by atoms with Crippen LogP contribution < -0.4 is 5.32 Å². The maximum absolute atomic E-state index is 9.90. The van der Waals surface area contributed by atoms with E-state index in [2.05, 4.69) is 34.5 Å². The molecule has 1 aromatic rings. The Kier molecular flexibility index (Phi) is 4.36. The molecule has 1 heterocycles. The molecule has 1 aliphatic heterocycles. The number of nitrogens with one attached hydrogen (secondary N) is 1. The zero-order valence-corrected chi connectivity index (χ0v) is 12.0. The van der Waals surface area contributed by atoms with Gasteiger partial charge in [0.15, 0.2) is 0 Å². The molecule has 0 bridgehead atoms. The molecular weight excluding hydrogens is 252 g/mol. The Labute approximate surface area is 120 Å². The Morgan fingerprint density at radius 2 is 2.05 bits per heavy atom. The van der Waals surface area contributed by atoms with Crippen LogP contribution in [0, 0.1) is 0 Å². The molecule has 0 amide bonds. The van der Waals surface area contributed by atoms with Crippen LogP contribution in [0.15, 0.2) is 24.3 Å². The van der Waals surface area contributed by atoms with Gasteiger partial charge in [-0.3, -0.25) is 4.90 Å². The number of benzene rings is 1. The summed E-state index contributed by atoms with van der Waals surface area (Å²) in [7, 11) is 0. The molecule has 1 atom stereocenters. The van der Waals surface area contributed by atoms with Gasteiger partial charge >= 0.3 is 0 Å². The zero-order chi connectivity index (χ0) is 13.8. The van der Waals surface area contributed by atoms with Crippen LogP contribution in [0.1, 0.15) is 17.5 Å². The Balaban J connectivity index is 1.60. The molecule has 4 nitrogen and oxygen atoms in total. The predicted molar refractivity (Wildman–Crippen MR) is 78.8 cm³/mol. The second-order valence-corrected chi connectivity index (χ2v) is 5.78. The number of ether oxygens (including phenoxy) is 1. The summed E-state index contributed by atoms with van der Waals surface area (Å²) in [6.45, 7) is 5.83. The highest BCUT2D eigenvalue weighted by molar-refractivity contribution is 5.38. The van der Waals surface area contributed by atoms with Crippen LogP contribution in [-0.2, 0) is 16.7 Å². The highest BCUT2D eigenvalue weighted by Gasteiger charge is 2.37. The predicted octanol–water partition coefficient (Wildman–Crippen LogP) is 0.742. The summed E-state index contributed by atoms with van der Waals surface area (Å²) in [5, 5.41) is 13.5. The summed E-state index contributed by atoms with van der Waals surface area (Å²) in [6.07, 6.45) is 2.05. The number of aliphatic hydroxyl groups is 1. The molecule has 0 unspecified atom stereocenters. The van der Waals surface area contributed by atoms with Crippen molar-refractivity contribution >= 4 is 0 Å². The fourth-order valence-electron chi connectivity index (χ4n) is 3.37. The molecule has 0 saturated carbocycles. The second-order valence-electron chi connectivity index (χ2n) is 5.78. The Morgan fingerprint density at radius 3 is 2.85 bits per heavy atom. The van der Waals surface area contributed by atoms with Gasteiger partial charge in [0.1, 0.15) is 0 Å². The van der Waals surface area contributed by atoms with Crippen molar-refractivity contribution in [3.8, 4) is 0 Å². The van der Waals surface area contributed by atoms with Gasteiger partial charge in [-0.15, -0.1) is 0 Å². The molecule has 2 aliphatic rings. The number of fused-ring (bicyclic) bond motifs is 1. The molecular formula is C16H24N2O2. The summed E-state index contributed by atoms with van der Waals surface area (Å²) < 4.78 is 5.36. The first-order valence-corrected chi connectivity index (χ1v) is 7.58. The van der Waals surface area contributed by atoms with E-state index < -0.39 is 0 Å². The summed E-state index contributed by atoms with van der Waals surface area (Å²) in [6, 6.07) is 8.48. The van der Waals surface area contributed by atoms with Crippen LogP contribution >= 0.6 is 0 Å². The SMILES string of the molecule is OC[C@]1(NCCN2CCOCC2)CCc2ccccc21. The van der Waals surface area contributed by atoms with Crippen LogP contribution in [0.3, 0.4) is 0 Å². The van der Waals surface area contributed by atoms with E-state index in [0.717, 1.165) is 52.2 Å². The first-order valence-electron chi connectivity index (χ1n) is 7.58. The van der Waals surface area contributed by atoms with E-state index in [-0.39, 0.29) is 12.1 Å². The van der Waals surface area contributed by atoms with Gasteiger partial charge in [-0.1, -0.05) is 24.3 Å². The lowest BCUT2D eigenvalue weighted by Crippen LogP contribution is -2.48. The van der Waals surface area contributed by atoms with Crippen molar-refractivity contribution in [2.24, 2.45) is 0 Å². The van der Waals surface area contributed by atoms with Gasteiger partial charge in [-0.05, 0) is 24.0 Å². The fourth-order valence-corrected chi connectivity index (χ4v) is 3.37. The van der Waals surface area contributed by atoms with Crippen molar-refractivity contribution in [1.29, 1.82) is 0 Å². The van der Waals surface area contributed by atoms with Gasteiger partial charge in [0, 0.05) is 26.2 Å². The minimum atomic E-state index is -0.233. The molecule has 0 radical (unpaired) electrons. The lowest BCUT2D eigenvalue weighted by atomic mass is 9.92. The van der Waals surface area contributed by atoms with Gasteiger partial charge < -0.3 is 15.2 Å². The van der Waals surface area contributed by atoms with Crippen LogP contribution in [-0.4, -0.2) is 56.0 Å². The van der Waals surface area contributed by atoms with E-state index in [0.29, 0.717) is 0 Å². The maximum Gasteiger partial charge on any atom is 0.0675 e. The van der Waals surface area contributed by atoms with Crippen molar-refractivity contribution < 1.29 is 9.84 Å². The average Bonchev–Trinajstić information content (AvgIpc) is 2.88. The van der Waals surface area contributed by atoms with Crippen LogP contribution in [0.25, 0.3) is 0 Å². The van der Waals surface area contributed by atoms with E-state index in [9.17, 15) is 5.11 Å². The average molecular weight is 276 g/mol. The number of hydrogen-bond acceptors (Lipinski definition) is 4. The van der Waals surface area contributed by atoms with E-state index in [1.165, 1.54) is 11.1 Å². The highest BCUT2D eigenvalue weighted by atomic mass is 16.5. The summed E-state index contributed by atoms with van der Waals surface area (Å²) >= 11 is 0. The summed E-state index contributed by atoms with van der Waals surface area (Å²) in [5.74, 6) is 0. The van der Waals surface area contributed by atoms with E-state index in [1.54, 1.807) is 0 Å². The first-order chi connectivity index (χ1) is 9.84. The van der Waals surface area contributed by atoms with E-state index >= 15 is 0 Å². The van der Waals surface area contributed by atoms with Crippen molar-refractivity contribution in [2.45, 2.75) is 18.4 Å². The minimum Gasteiger partial charge on any atom is -0.394 e. The van der Waals surface area contributed by atoms with Crippen molar-refractivity contribution in [3.05, 3.63) is 35.4 Å². The number of aliphatic hydroxyl groups excluding tert-OH is 1. The number of rotatable bonds is 5. The number of nitrogens with zero attached hydrogens (tertiary/aromatic N) is 1. The summed E-state index contributed by atoms with van der Waals surface area (Å²) in [5.41, 5.74) is 2.42. The van der Waals surface area contributed by atoms with Crippen molar-refractivity contribution in [2.75, 3.05) is 46.0 Å². The monoisotopic (exact) mass is 276 g/mol. The highest BCUT2D eigenvalue weighted by Crippen LogP contribution is 2.36. The molecule has 1 aliphatic carbocycles. The van der Waals surface area contributed by atoms with Gasteiger partial charge in [-0.25, -0.2) is 0 Å². The quantitative estimate of drug-likeness (QED) is 0.833. The fraction of sp³-hybridized carbons (Fsp3) is 0.625. The smallest absolute Gasteiger partial charge is 0.0675 e. The largest absolute Gasteiger partial charge is 0.394 e. The molecule has 3 rings (SSSR count). The Morgan fingerprint density at radius 1 is 1.25 bits per heavy atom. The molecule has 2 N–H and O–H groups in total. The van der Waals surface area contributed by atoms with Crippen LogP contribution in [0.4, 0.5) is 0 Å². The Hall–Kier alpha value is -0.940. The molecule has 110 valence electrons. The standard InChI is InChI=1S/C16H24N2O2/c19-13-16(6-5-14-3-1-2-4-15(14)16)17-7-8-18-9-11-20-12-10-18/h1-4,17,19H,5-13H2/t16-/m1/s1. The van der Waals surface area contributed by atoms with Gasteiger partial charge in [0.25, 0.3) is 0 Å². The molecule has 20 heavy (non-hydrogen) atoms. The topological polar surface area (TPSA) is 44.7 Å².